The Morgan fingerprint density at radius 1 is 1.16 bits per heavy atom. The van der Waals surface area contributed by atoms with Crippen LogP contribution in [-0.4, -0.2) is 22.8 Å². The molecule has 0 spiro atoms. The molecule has 0 bridgehead atoms. The van der Waals surface area contributed by atoms with Gasteiger partial charge in [-0.15, -0.1) is 0 Å². The van der Waals surface area contributed by atoms with Crippen LogP contribution in [0.5, 0.6) is 0 Å². The predicted molar refractivity (Wildman–Crippen MR) is 60.9 cm³/mol. The summed E-state index contributed by atoms with van der Waals surface area (Å²) in [6.45, 7) is 0. The largest absolute Gasteiger partial charge is 0.385 e. The number of urea groups is 1. The lowest BCUT2D eigenvalue weighted by atomic mass is 10.0. The summed E-state index contributed by atoms with van der Waals surface area (Å²) in [5, 5.41) is 0. The maximum atomic E-state index is 13.8. The number of benzene rings is 1. The van der Waals surface area contributed by atoms with Crippen LogP contribution < -0.4 is 5.73 Å². The molecule has 1 saturated carbocycles. The number of nitrogens with two attached hydrogens (primary N) is 1. The molecule has 19 heavy (non-hydrogen) atoms. The van der Waals surface area contributed by atoms with E-state index in [-0.39, 0.29) is 17.4 Å². The van der Waals surface area contributed by atoms with Gasteiger partial charge in [0.05, 0.1) is 0 Å². The Kier molecular flexibility index (Phi) is 2.51. The topological polar surface area (TPSA) is 58.7 Å². The molecule has 0 radical (unpaired) electrons. The highest BCUT2D eigenvalue weighted by atomic mass is 19.2. The van der Waals surface area contributed by atoms with Crippen molar-refractivity contribution >= 4 is 11.9 Å². The summed E-state index contributed by atoms with van der Waals surface area (Å²) in [5.41, 5.74) is 5.45. The van der Waals surface area contributed by atoms with Gasteiger partial charge >= 0.3 is 6.03 Å². The van der Waals surface area contributed by atoms with Gasteiger partial charge in [0.15, 0.2) is 11.6 Å². The number of amidine groups is 1. The number of hydrogen-bond acceptors (Lipinski definition) is 2. The van der Waals surface area contributed by atoms with Gasteiger partial charge in [0, 0.05) is 17.7 Å². The van der Waals surface area contributed by atoms with Crippen molar-refractivity contribution in [2.75, 3.05) is 0 Å². The van der Waals surface area contributed by atoms with Gasteiger partial charge in [-0.25, -0.2) is 18.0 Å². The van der Waals surface area contributed by atoms with E-state index in [9.17, 15) is 18.0 Å². The summed E-state index contributed by atoms with van der Waals surface area (Å²) in [7, 11) is 0. The normalized spacial score (nSPS) is 22.9. The molecule has 1 aliphatic heterocycles. The van der Waals surface area contributed by atoms with Gasteiger partial charge in [-0.3, -0.25) is 0 Å². The number of halogens is 3. The lowest BCUT2D eigenvalue weighted by Crippen LogP contribution is -2.35. The standard InChI is InChI=1S/C12H10F3N3O/c13-7-4-9(15)8(14)3-6(7)10-11(16)17-12(19)18(10)5-1-2-5/h3-5,10H,1-2H2,(H2,16,17,19). The monoisotopic (exact) mass is 269 g/mol. The highest BCUT2D eigenvalue weighted by Gasteiger charge is 2.44. The van der Waals surface area contributed by atoms with Crippen LogP contribution >= 0.6 is 0 Å². The summed E-state index contributed by atoms with van der Waals surface area (Å²) in [5.74, 6) is -3.50. The van der Waals surface area contributed by atoms with Crippen LogP contribution in [0.25, 0.3) is 0 Å². The highest BCUT2D eigenvalue weighted by molar-refractivity contribution is 6.03. The van der Waals surface area contributed by atoms with E-state index < -0.39 is 29.5 Å². The average Bonchev–Trinajstić information content (AvgIpc) is 3.11. The molecule has 0 aromatic heterocycles. The van der Waals surface area contributed by atoms with Crippen molar-refractivity contribution < 1.29 is 18.0 Å². The highest BCUT2D eigenvalue weighted by Crippen LogP contribution is 2.39. The first-order valence-corrected chi connectivity index (χ1v) is 5.80. The predicted octanol–water partition coefficient (Wildman–Crippen LogP) is 2.10. The number of amides is 2. The Morgan fingerprint density at radius 3 is 2.42 bits per heavy atom. The van der Waals surface area contributed by atoms with E-state index in [1.165, 1.54) is 4.90 Å². The number of rotatable bonds is 2. The van der Waals surface area contributed by atoms with Crippen LogP contribution in [-0.2, 0) is 0 Å². The zero-order chi connectivity index (χ0) is 13.7. The molecule has 0 saturated heterocycles. The Hall–Kier alpha value is -2.05. The zero-order valence-electron chi connectivity index (χ0n) is 9.74. The number of carbonyl (C=O) groups is 1. The molecule has 2 amide bonds. The maximum Gasteiger partial charge on any atom is 0.346 e. The summed E-state index contributed by atoms with van der Waals surface area (Å²) in [6.07, 6.45) is 1.55. The molecule has 1 aromatic rings. The van der Waals surface area contributed by atoms with Crippen LogP contribution in [0.1, 0.15) is 24.4 Å². The molecule has 1 aliphatic carbocycles. The summed E-state index contributed by atoms with van der Waals surface area (Å²) in [6, 6.07) is -0.392. The Bertz CT molecular complexity index is 598. The third-order valence-electron chi connectivity index (χ3n) is 3.28. The van der Waals surface area contributed by atoms with Crippen molar-refractivity contribution in [3.05, 3.63) is 35.1 Å². The van der Waals surface area contributed by atoms with E-state index in [2.05, 4.69) is 4.99 Å². The third kappa shape index (κ3) is 1.85. The fourth-order valence-corrected chi connectivity index (χ4v) is 2.26. The summed E-state index contributed by atoms with van der Waals surface area (Å²) < 4.78 is 40.0. The molecule has 2 aliphatic rings. The summed E-state index contributed by atoms with van der Waals surface area (Å²) in [4.78, 5) is 16.6. The van der Waals surface area contributed by atoms with Gasteiger partial charge in [0.1, 0.15) is 17.7 Å². The van der Waals surface area contributed by atoms with Crippen LogP contribution in [0.2, 0.25) is 0 Å². The number of carbonyl (C=O) groups excluding carboxylic acids is 1. The first kappa shape index (κ1) is 12.0. The first-order valence-electron chi connectivity index (χ1n) is 5.80. The Balaban J connectivity index is 2.07. The fourth-order valence-electron chi connectivity index (χ4n) is 2.26. The third-order valence-corrected chi connectivity index (χ3v) is 3.28. The van der Waals surface area contributed by atoms with Crippen molar-refractivity contribution in [1.82, 2.24) is 4.90 Å². The van der Waals surface area contributed by atoms with Crippen molar-refractivity contribution in [3.8, 4) is 0 Å². The molecule has 3 rings (SSSR count). The molecule has 1 atom stereocenters. The average molecular weight is 269 g/mol. The van der Waals surface area contributed by atoms with Gasteiger partial charge in [-0.1, -0.05) is 0 Å². The van der Waals surface area contributed by atoms with Crippen LogP contribution in [0, 0.1) is 17.5 Å². The van der Waals surface area contributed by atoms with Gasteiger partial charge in [0.25, 0.3) is 0 Å². The van der Waals surface area contributed by atoms with Crippen molar-refractivity contribution in [1.29, 1.82) is 0 Å². The van der Waals surface area contributed by atoms with E-state index in [1.54, 1.807) is 0 Å². The lowest BCUT2D eigenvalue weighted by molar-refractivity contribution is 0.202. The van der Waals surface area contributed by atoms with E-state index >= 15 is 0 Å². The first-order chi connectivity index (χ1) is 8.99. The minimum atomic E-state index is -1.28. The SMILES string of the molecule is NC1=NC(=O)N(C2CC2)C1c1cc(F)c(F)cc1F. The number of aliphatic imine (C=N–C) groups is 1. The molecule has 7 heteroatoms. The molecule has 4 nitrogen and oxygen atoms in total. The van der Waals surface area contributed by atoms with E-state index in [0.717, 1.165) is 18.9 Å². The van der Waals surface area contributed by atoms with Gasteiger partial charge in [-0.2, -0.15) is 4.99 Å². The Morgan fingerprint density at radius 2 is 1.79 bits per heavy atom. The van der Waals surface area contributed by atoms with Crippen molar-refractivity contribution in [2.24, 2.45) is 10.7 Å². The minimum absolute atomic E-state index is 0.0604. The molecule has 1 fully saturated rings. The minimum Gasteiger partial charge on any atom is -0.385 e. The van der Waals surface area contributed by atoms with Crippen molar-refractivity contribution in [2.45, 2.75) is 24.9 Å². The molecule has 1 unspecified atom stereocenters. The second kappa shape index (κ2) is 3.97. The molecule has 2 N–H and O–H groups in total. The molecule has 1 aromatic carbocycles. The molecule has 100 valence electrons. The number of nitrogens with zero attached hydrogens (tertiary/aromatic N) is 2. The molecule has 1 heterocycles. The van der Waals surface area contributed by atoms with Gasteiger partial charge < -0.3 is 10.6 Å². The van der Waals surface area contributed by atoms with E-state index in [4.69, 9.17) is 5.73 Å². The lowest BCUT2D eigenvalue weighted by Gasteiger charge is -2.24. The van der Waals surface area contributed by atoms with Crippen molar-refractivity contribution in [3.63, 3.8) is 0 Å². The second-order valence-corrected chi connectivity index (χ2v) is 4.65. The quantitative estimate of drug-likeness (QED) is 0.836. The second-order valence-electron chi connectivity index (χ2n) is 4.65. The van der Waals surface area contributed by atoms with Gasteiger partial charge in [0.2, 0.25) is 0 Å². The summed E-state index contributed by atoms with van der Waals surface area (Å²) >= 11 is 0. The van der Waals surface area contributed by atoms with E-state index in [1.807, 2.05) is 0 Å². The smallest absolute Gasteiger partial charge is 0.346 e. The maximum absolute atomic E-state index is 13.8. The Labute approximate surface area is 106 Å². The molecular weight excluding hydrogens is 259 g/mol. The number of hydrogen-bond donors (Lipinski definition) is 1. The van der Waals surface area contributed by atoms with Crippen LogP contribution in [0.15, 0.2) is 17.1 Å². The van der Waals surface area contributed by atoms with Crippen LogP contribution in [0.4, 0.5) is 18.0 Å². The van der Waals surface area contributed by atoms with Gasteiger partial charge in [-0.05, 0) is 18.9 Å². The molecular formula is C12H10F3N3O. The zero-order valence-corrected chi connectivity index (χ0v) is 9.74. The van der Waals surface area contributed by atoms with Crippen LogP contribution in [0.3, 0.4) is 0 Å². The fraction of sp³-hybridized carbons (Fsp3) is 0.333. The van der Waals surface area contributed by atoms with E-state index in [0.29, 0.717) is 6.07 Å².